The fourth-order valence-electron chi connectivity index (χ4n) is 3.92. The average Bonchev–Trinajstić information content (AvgIpc) is 2.75. The summed E-state index contributed by atoms with van der Waals surface area (Å²) in [5, 5.41) is 0. The van der Waals surface area contributed by atoms with E-state index in [4.69, 9.17) is 0 Å². The standard InChI is InChI=1S/C23H27N3O3S/c1-24-11-13-25(14-12-24)21-10-6-5-9-20(21)17-22-23(27)26(15-16-30(22,28)29)18-19-7-3-2-4-8-19/h2-10,17H,11-16,18H2,1H3/b22-17-. The van der Waals surface area contributed by atoms with Crippen molar-refractivity contribution in [2.45, 2.75) is 6.54 Å². The lowest BCUT2D eigenvalue weighted by Crippen LogP contribution is -2.45. The van der Waals surface area contributed by atoms with E-state index in [0.29, 0.717) is 6.54 Å². The predicted octanol–water partition coefficient (Wildman–Crippen LogP) is 2.24. The van der Waals surface area contributed by atoms with Crippen LogP contribution in [-0.2, 0) is 21.2 Å². The van der Waals surface area contributed by atoms with Crippen LogP contribution in [-0.4, -0.2) is 69.6 Å². The molecule has 2 aliphatic rings. The third-order valence-corrected chi connectivity index (χ3v) is 7.43. The molecule has 2 aliphatic heterocycles. The number of carbonyl (C=O) groups excluding carboxylic acids is 1. The van der Waals surface area contributed by atoms with Gasteiger partial charge in [0.25, 0.3) is 5.91 Å². The van der Waals surface area contributed by atoms with Gasteiger partial charge in [-0.1, -0.05) is 48.5 Å². The van der Waals surface area contributed by atoms with Gasteiger partial charge >= 0.3 is 0 Å². The van der Waals surface area contributed by atoms with Gasteiger partial charge in [0.15, 0.2) is 9.84 Å². The van der Waals surface area contributed by atoms with Gasteiger partial charge in [-0.25, -0.2) is 8.42 Å². The van der Waals surface area contributed by atoms with Gasteiger partial charge in [0, 0.05) is 45.0 Å². The summed E-state index contributed by atoms with van der Waals surface area (Å²) in [6.45, 7) is 4.27. The molecule has 1 amide bonds. The largest absolute Gasteiger partial charge is 0.368 e. The molecule has 0 radical (unpaired) electrons. The molecular weight excluding hydrogens is 398 g/mol. The van der Waals surface area contributed by atoms with E-state index in [-0.39, 0.29) is 17.2 Å². The topological polar surface area (TPSA) is 60.9 Å². The smallest absolute Gasteiger partial charge is 0.265 e. The van der Waals surface area contributed by atoms with Crippen LogP contribution in [0.2, 0.25) is 0 Å². The Kier molecular flexibility index (Phi) is 5.92. The first-order chi connectivity index (χ1) is 14.4. The number of hydrogen-bond acceptors (Lipinski definition) is 5. The SMILES string of the molecule is CN1CCN(c2ccccc2/C=C2/C(=O)N(Cc3ccccc3)CCS2(=O)=O)CC1. The van der Waals surface area contributed by atoms with Crippen molar-refractivity contribution in [3.63, 3.8) is 0 Å². The molecule has 2 heterocycles. The van der Waals surface area contributed by atoms with Gasteiger partial charge in [-0.15, -0.1) is 0 Å². The van der Waals surface area contributed by atoms with Crippen LogP contribution in [0.3, 0.4) is 0 Å². The fourth-order valence-corrected chi connectivity index (χ4v) is 5.31. The van der Waals surface area contributed by atoms with Gasteiger partial charge in [-0.3, -0.25) is 4.79 Å². The second-order valence-electron chi connectivity index (χ2n) is 7.89. The number of nitrogens with zero attached hydrogens (tertiary/aromatic N) is 3. The molecule has 0 saturated carbocycles. The molecule has 2 aromatic carbocycles. The maximum absolute atomic E-state index is 13.1. The Morgan fingerprint density at radius 2 is 1.57 bits per heavy atom. The molecule has 4 rings (SSSR count). The Morgan fingerprint density at radius 3 is 2.30 bits per heavy atom. The minimum Gasteiger partial charge on any atom is -0.368 e. The quantitative estimate of drug-likeness (QED) is 0.703. The van der Waals surface area contributed by atoms with Crippen molar-refractivity contribution in [2.75, 3.05) is 50.4 Å². The molecule has 7 heteroatoms. The summed E-state index contributed by atoms with van der Waals surface area (Å²) < 4.78 is 25.6. The number of piperazine rings is 1. The van der Waals surface area contributed by atoms with Crippen molar-refractivity contribution in [3.8, 4) is 0 Å². The summed E-state index contributed by atoms with van der Waals surface area (Å²) in [6, 6.07) is 17.4. The molecule has 0 aromatic heterocycles. The van der Waals surface area contributed by atoms with E-state index in [2.05, 4.69) is 16.8 Å². The van der Waals surface area contributed by atoms with Gasteiger partial charge in [-0.05, 0) is 30.3 Å². The molecule has 30 heavy (non-hydrogen) atoms. The molecule has 0 N–H and O–H groups in total. The molecule has 6 nitrogen and oxygen atoms in total. The zero-order chi connectivity index (χ0) is 21.1. The Morgan fingerprint density at radius 1 is 0.900 bits per heavy atom. The number of sulfone groups is 1. The molecule has 2 fully saturated rings. The number of likely N-dealkylation sites (N-methyl/N-ethyl adjacent to an activating group) is 1. The van der Waals surface area contributed by atoms with E-state index in [9.17, 15) is 13.2 Å². The predicted molar refractivity (Wildman–Crippen MR) is 120 cm³/mol. The lowest BCUT2D eigenvalue weighted by atomic mass is 10.1. The highest BCUT2D eigenvalue weighted by molar-refractivity contribution is 7.96. The molecular formula is C23H27N3O3S. The monoisotopic (exact) mass is 425 g/mol. The lowest BCUT2D eigenvalue weighted by Gasteiger charge is -2.35. The van der Waals surface area contributed by atoms with Crippen molar-refractivity contribution < 1.29 is 13.2 Å². The minimum absolute atomic E-state index is 0.0475. The van der Waals surface area contributed by atoms with Gasteiger partial charge in [0.1, 0.15) is 4.91 Å². The second-order valence-corrected chi connectivity index (χ2v) is 9.97. The van der Waals surface area contributed by atoms with Crippen LogP contribution < -0.4 is 4.90 Å². The zero-order valence-corrected chi connectivity index (χ0v) is 18.0. The third kappa shape index (κ3) is 4.42. The first kappa shape index (κ1) is 20.6. The van der Waals surface area contributed by atoms with Crippen LogP contribution in [0.15, 0.2) is 59.5 Å². The van der Waals surface area contributed by atoms with Crippen molar-refractivity contribution in [1.82, 2.24) is 9.80 Å². The van der Waals surface area contributed by atoms with Gasteiger partial charge in [0.2, 0.25) is 0 Å². The zero-order valence-electron chi connectivity index (χ0n) is 17.2. The van der Waals surface area contributed by atoms with Crippen LogP contribution in [0, 0.1) is 0 Å². The number of anilines is 1. The molecule has 0 aliphatic carbocycles. The number of amides is 1. The van der Waals surface area contributed by atoms with Crippen LogP contribution in [0.1, 0.15) is 11.1 Å². The Bertz CT molecular complexity index is 1040. The minimum atomic E-state index is -3.61. The normalized spacial score (nSPS) is 21.2. The highest BCUT2D eigenvalue weighted by Crippen LogP contribution is 2.28. The van der Waals surface area contributed by atoms with Gasteiger partial charge < -0.3 is 14.7 Å². The summed E-state index contributed by atoms with van der Waals surface area (Å²) in [5.41, 5.74) is 2.74. The van der Waals surface area contributed by atoms with E-state index < -0.39 is 15.7 Å². The number of benzene rings is 2. The van der Waals surface area contributed by atoms with Crippen LogP contribution in [0.4, 0.5) is 5.69 Å². The molecule has 0 spiro atoms. The fraction of sp³-hybridized carbons (Fsp3) is 0.348. The molecule has 2 aromatic rings. The van der Waals surface area contributed by atoms with Gasteiger partial charge in [-0.2, -0.15) is 0 Å². The maximum Gasteiger partial charge on any atom is 0.265 e. The highest BCUT2D eigenvalue weighted by Gasteiger charge is 2.35. The van der Waals surface area contributed by atoms with E-state index >= 15 is 0 Å². The summed E-state index contributed by atoms with van der Waals surface area (Å²) in [5.74, 6) is -0.466. The Labute approximate surface area is 178 Å². The number of carbonyl (C=O) groups is 1. The Balaban J connectivity index is 1.65. The lowest BCUT2D eigenvalue weighted by molar-refractivity contribution is -0.127. The summed E-state index contributed by atoms with van der Waals surface area (Å²) >= 11 is 0. The number of hydrogen-bond donors (Lipinski definition) is 0. The Hall–Kier alpha value is -2.64. The first-order valence-corrected chi connectivity index (χ1v) is 11.9. The summed E-state index contributed by atoms with van der Waals surface area (Å²) in [4.78, 5) is 19.2. The summed E-state index contributed by atoms with van der Waals surface area (Å²) in [7, 11) is -1.51. The first-order valence-electron chi connectivity index (χ1n) is 10.2. The molecule has 0 atom stereocenters. The molecule has 158 valence electrons. The third-order valence-electron chi connectivity index (χ3n) is 5.75. The van der Waals surface area contributed by atoms with Crippen molar-refractivity contribution >= 4 is 27.5 Å². The molecule has 0 bridgehead atoms. The second kappa shape index (κ2) is 8.62. The van der Waals surface area contributed by atoms with Crippen LogP contribution in [0.5, 0.6) is 0 Å². The van der Waals surface area contributed by atoms with Crippen molar-refractivity contribution in [2.24, 2.45) is 0 Å². The van der Waals surface area contributed by atoms with E-state index in [1.54, 1.807) is 11.0 Å². The number of para-hydroxylation sites is 1. The molecule has 2 saturated heterocycles. The summed E-state index contributed by atoms with van der Waals surface area (Å²) in [6.07, 6.45) is 1.57. The van der Waals surface area contributed by atoms with Crippen molar-refractivity contribution in [1.29, 1.82) is 0 Å². The van der Waals surface area contributed by atoms with E-state index in [0.717, 1.165) is 43.0 Å². The van der Waals surface area contributed by atoms with E-state index in [1.807, 2.05) is 54.6 Å². The van der Waals surface area contributed by atoms with Gasteiger partial charge in [0.05, 0.1) is 5.75 Å². The van der Waals surface area contributed by atoms with Crippen molar-refractivity contribution in [3.05, 3.63) is 70.6 Å². The van der Waals surface area contributed by atoms with Crippen LogP contribution >= 0.6 is 0 Å². The molecule has 0 unspecified atom stereocenters. The maximum atomic E-state index is 13.1. The number of rotatable bonds is 4. The van der Waals surface area contributed by atoms with Crippen LogP contribution in [0.25, 0.3) is 6.08 Å². The highest BCUT2D eigenvalue weighted by atomic mass is 32.2. The average molecular weight is 426 g/mol. The van der Waals surface area contributed by atoms with E-state index in [1.165, 1.54) is 0 Å².